The molecule has 4 nitrogen and oxygen atoms in total. The van der Waals surface area contributed by atoms with E-state index in [0.29, 0.717) is 36.7 Å². The molecule has 0 saturated heterocycles. The molecule has 5 heteroatoms. The van der Waals surface area contributed by atoms with Gasteiger partial charge >= 0.3 is 0 Å². The van der Waals surface area contributed by atoms with Crippen LogP contribution in [0.3, 0.4) is 0 Å². The van der Waals surface area contributed by atoms with E-state index in [1.54, 1.807) is 0 Å². The summed E-state index contributed by atoms with van der Waals surface area (Å²) >= 11 is 1.90. The van der Waals surface area contributed by atoms with Gasteiger partial charge in [-0.15, -0.1) is 0 Å². The Kier molecular flexibility index (Phi) is 7.86. The van der Waals surface area contributed by atoms with Gasteiger partial charge in [-0.05, 0) is 31.9 Å². The van der Waals surface area contributed by atoms with Crippen molar-refractivity contribution >= 4 is 23.3 Å². The van der Waals surface area contributed by atoms with Crippen LogP contribution in [0.4, 0.5) is 0 Å². The number of aliphatic hydroxyl groups excluding tert-OH is 1. The van der Waals surface area contributed by atoms with E-state index >= 15 is 0 Å². The monoisotopic (exact) mass is 313 g/mol. The number of carbonyl (C=O) groups excluding carboxylic acids is 1. The average Bonchev–Trinajstić information content (AvgIpc) is 2.40. The van der Waals surface area contributed by atoms with Gasteiger partial charge in [0.1, 0.15) is 6.61 Å². The Morgan fingerprint density at radius 1 is 1.48 bits per heavy atom. The number of thioether (sulfide) groups is 1. The lowest BCUT2D eigenvalue weighted by atomic mass is 9.83. The second-order valence-corrected chi connectivity index (χ2v) is 7.26. The lowest BCUT2D eigenvalue weighted by Gasteiger charge is -2.25. The quantitative estimate of drug-likeness (QED) is 0.541. The van der Waals surface area contributed by atoms with Crippen molar-refractivity contribution in [3.05, 3.63) is 11.3 Å². The fourth-order valence-electron chi connectivity index (χ4n) is 2.67. The maximum absolute atomic E-state index is 12.2. The third-order valence-electron chi connectivity index (χ3n) is 3.54. The molecule has 1 aliphatic rings. The van der Waals surface area contributed by atoms with Crippen molar-refractivity contribution in [1.82, 2.24) is 0 Å². The molecule has 0 bridgehead atoms. The van der Waals surface area contributed by atoms with Crippen LogP contribution in [0, 0.1) is 5.92 Å². The predicted octanol–water partition coefficient (Wildman–Crippen LogP) is 4.11. The normalized spacial score (nSPS) is 21.6. The number of hydrogen-bond donors (Lipinski definition) is 1. The van der Waals surface area contributed by atoms with Gasteiger partial charge in [-0.3, -0.25) is 4.79 Å². The summed E-state index contributed by atoms with van der Waals surface area (Å²) in [4.78, 5) is 17.2. The first-order valence-corrected chi connectivity index (χ1v) is 8.73. The molecule has 1 rings (SSSR count). The summed E-state index contributed by atoms with van der Waals surface area (Å²) < 4.78 is 0. The number of Topliss-reactive ketones (excluding diaryl/α,β-unsaturated/α-hetero) is 1. The van der Waals surface area contributed by atoms with Gasteiger partial charge in [-0.2, -0.15) is 11.8 Å². The lowest BCUT2D eigenvalue weighted by molar-refractivity contribution is -0.117. The SMILES string of the molecule is CCO/N=C(/C)CC1=C(O)CC(CC(C)SCC)CC1=O. The number of ketones is 1. The molecule has 120 valence electrons. The zero-order valence-electron chi connectivity index (χ0n) is 13.5. The van der Waals surface area contributed by atoms with Crippen LogP contribution in [0.15, 0.2) is 16.5 Å². The maximum Gasteiger partial charge on any atom is 0.162 e. The van der Waals surface area contributed by atoms with Gasteiger partial charge in [-0.1, -0.05) is 19.0 Å². The van der Waals surface area contributed by atoms with Crippen molar-refractivity contribution in [2.24, 2.45) is 11.1 Å². The number of carbonyl (C=O) groups is 1. The molecule has 0 aromatic heterocycles. The summed E-state index contributed by atoms with van der Waals surface area (Å²) in [7, 11) is 0. The van der Waals surface area contributed by atoms with Crippen molar-refractivity contribution in [2.75, 3.05) is 12.4 Å². The van der Waals surface area contributed by atoms with Crippen LogP contribution in [0.25, 0.3) is 0 Å². The predicted molar refractivity (Wildman–Crippen MR) is 88.9 cm³/mol. The first-order chi connectivity index (χ1) is 9.97. The van der Waals surface area contributed by atoms with E-state index in [1.165, 1.54) is 0 Å². The van der Waals surface area contributed by atoms with Gasteiger partial charge in [0.05, 0.1) is 11.5 Å². The molecule has 0 aromatic carbocycles. The largest absolute Gasteiger partial charge is 0.512 e. The standard InChI is InChI=1S/C16H27NO3S/c1-5-20-17-11(3)7-14-15(18)9-13(10-16(14)19)8-12(4)21-6-2/h12-13,18H,5-10H2,1-4H3/b17-11-. The van der Waals surface area contributed by atoms with Crippen molar-refractivity contribution < 1.29 is 14.7 Å². The minimum absolute atomic E-state index is 0.0588. The zero-order valence-corrected chi connectivity index (χ0v) is 14.3. The van der Waals surface area contributed by atoms with Crippen LogP contribution >= 0.6 is 11.8 Å². The number of oxime groups is 1. The van der Waals surface area contributed by atoms with E-state index in [9.17, 15) is 9.90 Å². The van der Waals surface area contributed by atoms with Gasteiger partial charge in [-0.25, -0.2) is 0 Å². The van der Waals surface area contributed by atoms with E-state index in [1.807, 2.05) is 25.6 Å². The number of hydrogen-bond acceptors (Lipinski definition) is 5. The van der Waals surface area contributed by atoms with Crippen LogP contribution in [-0.2, 0) is 9.63 Å². The number of rotatable bonds is 8. The summed E-state index contributed by atoms with van der Waals surface area (Å²) in [6.07, 6.45) is 2.51. The molecule has 1 aliphatic carbocycles. The number of aliphatic hydroxyl groups is 1. The van der Waals surface area contributed by atoms with E-state index < -0.39 is 0 Å². The Hall–Kier alpha value is -0.970. The topological polar surface area (TPSA) is 58.9 Å². The highest BCUT2D eigenvalue weighted by molar-refractivity contribution is 7.99. The molecule has 0 aliphatic heterocycles. The van der Waals surface area contributed by atoms with Gasteiger partial charge < -0.3 is 9.94 Å². The van der Waals surface area contributed by atoms with Crippen molar-refractivity contribution in [3.63, 3.8) is 0 Å². The molecule has 1 N–H and O–H groups in total. The van der Waals surface area contributed by atoms with Gasteiger partial charge in [0.25, 0.3) is 0 Å². The fraction of sp³-hybridized carbons (Fsp3) is 0.750. The van der Waals surface area contributed by atoms with Crippen LogP contribution in [0.1, 0.15) is 53.4 Å². The van der Waals surface area contributed by atoms with Gasteiger partial charge in [0.15, 0.2) is 5.78 Å². The molecule has 2 atom stereocenters. The molecule has 0 radical (unpaired) electrons. The van der Waals surface area contributed by atoms with Crippen molar-refractivity contribution in [2.45, 2.75) is 58.6 Å². The van der Waals surface area contributed by atoms with Crippen LogP contribution in [0.2, 0.25) is 0 Å². The van der Waals surface area contributed by atoms with Crippen molar-refractivity contribution in [3.8, 4) is 0 Å². The highest BCUT2D eigenvalue weighted by Crippen LogP contribution is 2.32. The molecule has 0 aromatic rings. The van der Waals surface area contributed by atoms with E-state index in [-0.39, 0.29) is 17.5 Å². The smallest absolute Gasteiger partial charge is 0.162 e. The molecular formula is C16H27NO3S. The highest BCUT2D eigenvalue weighted by atomic mass is 32.2. The van der Waals surface area contributed by atoms with Crippen LogP contribution < -0.4 is 0 Å². The second-order valence-electron chi connectivity index (χ2n) is 5.55. The van der Waals surface area contributed by atoms with Crippen LogP contribution in [-0.4, -0.2) is 34.2 Å². The average molecular weight is 313 g/mol. The molecule has 0 saturated carbocycles. The summed E-state index contributed by atoms with van der Waals surface area (Å²) in [6, 6.07) is 0. The molecule has 2 unspecified atom stereocenters. The zero-order chi connectivity index (χ0) is 15.8. The molecule has 0 spiro atoms. The van der Waals surface area contributed by atoms with E-state index in [2.05, 4.69) is 19.0 Å². The molecule has 21 heavy (non-hydrogen) atoms. The minimum atomic E-state index is 0.0588. The summed E-state index contributed by atoms with van der Waals surface area (Å²) in [5, 5.41) is 14.6. The Labute approximate surface area is 132 Å². The third kappa shape index (κ3) is 6.12. The molecule has 0 amide bonds. The number of nitrogens with zero attached hydrogens (tertiary/aromatic N) is 1. The highest BCUT2D eigenvalue weighted by Gasteiger charge is 2.28. The first-order valence-electron chi connectivity index (χ1n) is 7.69. The molecule has 0 fully saturated rings. The van der Waals surface area contributed by atoms with Crippen molar-refractivity contribution in [1.29, 1.82) is 0 Å². The molecule has 0 heterocycles. The Bertz CT molecular complexity index is 418. The Morgan fingerprint density at radius 2 is 2.19 bits per heavy atom. The summed E-state index contributed by atoms with van der Waals surface area (Å²) in [5.74, 6) is 1.65. The summed E-state index contributed by atoms with van der Waals surface area (Å²) in [5.41, 5.74) is 1.24. The van der Waals surface area contributed by atoms with Crippen LogP contribution in [0.5, 0.6) is 0 Å². The Morgan fingerprint density at radius 3 is 2.76 bits per heavy atom. The first kappa shape index (κ1) is 18.1. The number of allylic oxidation sites excluding steroid dienone is 2. The summed E-state index contributed by atoms with van der Waals surface area (Å²) in [6.45, 7) is 8.51. The van der Waals surface area contributed by atoms with E-state index in [0.717, 1.165) is 17.9 Å². The van der Waals surface area contributed by atoms with E-state index in [4.69, 9.17) is 4.84 Å². The third-order valence-corrected chi connectivity index (χ3v) is 4.63. The molecular weight excluding hydrogens is 286 g/mol. The van der Waals surface area contributed by atoms with Gasteiger partial charge in [0.2, 0.25) is 0 Å². The Balaban J connectivity index is 2.65. The second kappa shape index (κ2) is 9.13. The lowest BCUT2D eigenvalue weighted by Crippen LogP contribution is -2.23. The minimum Gasteiger partial charge on any atom is -0.512 e. The van der Waals surface area contributed by atoms with Gasteiger partial charge in [0, 0.05) is 30.1 Å². The fourth-order valence-corrected chi connectivity index (χ4v) is 3.64. The maximum atomic E-state index is 12.2.